The van der Waals surface area contributed by atoms with Gasteiger partial charge >= 0.3 is 0 Å². The van der Waals surface area contributed by atoms with Crippen molar-refractivity contribution in [2.45, 2.75) is 26.2 Å². The molecule has 0 radical (unpaired) electrons. The van der Waals surface area contributed by atoms with Gasteiger partial charge in [-0.1, -0.05) is 0 Å². The number of hydrogen-bond acceptors (Lipinski definition) is 3. The minimum absolute atomic E-state index is 0.781. The van der Waals surface area contributed by atoms with E-state index in [9.17, 15) is 0 Å². The number of methoxy groups -OCH3 is 1. The van der Waals surface area contributed by atoms with Gasteiger partial charge < -0.3 is 14.4 Å². The van der Waals surface area contributed by atoms with Gasteiger partial charge in [0.1, 0.15) is 11.5 Å². The molecule has 1 heterocycles. The summed E-state index contributed by atoms with van der Waals surface area (Å²) in [6.45, 7) is 6.52. The van der Waals surface area contributed by atoms with Crippen LogP contribution in [0.5, 0.6) is 11.5 Å². The predicted octanol–water partition coefficient (Wildman–Crippen LogP) is 2.87. The molecule has 1 fully saturated rings. The van der Waals surface area contributed by atoms with Crippen molar-refractivity contribution in [2.24, 2.45) is 0 Å². The van der Waals surface area contributed by atoms with Crippen LogP contribution in [0.4, 0.5) is 0 Å². The zero-order chi connectivity index (χ0) is 12.8. The summed E-state index contributed by atoms with van der Waals surface area (Å²) < 4.78 is 11.0. The second kappa shape index (κ2) is 6.64. The fourth-order valence-corrected chi connectivity index (χ4v) is 2.40. The molecule has 0 atom stereocenters. The minimum Gasteiger partial charge on any atom is -0.497 e. The van der Waals surface area contributed by atoms with Crippen molar-refractivity contribution >= 4 is 0 Å². The Hall–Kier alpha value is -1.22. The van der Waals surface area contributed by atoms with Gasteiger partial charge in [0, 0.05) is 12.6 Å². The zero-order valence-corrected chi connectivity index (χ0v) is 11.4. The summed E-state index contributed by atoms with van der Waals surface area (Å²) in [5.74, 6) is 1.78. The van der Waals surface area contributed by atoms with Crippen molar-refractivity contribution in [3.63, 3.8) is 0 Å². The van der Waals surface area contributed by atoms with E-state index >= 15 is 0 Å². The van der Waals surface area contributed by atoms with Crippen LogP contribution in [0, 0.1) is 6.92 Å². The smallest absolute Gasteiger partial charge is 0.123 e. The minimum atomic E-state index is 0.781. The number of rotatable bonds is 6. The van der Waals surface area contributed by atoms with Crippen molar-refractivity contribution in [1.82, 2.24) is 4.90 Å². The highest BCUT2D eigenvalue weighted by atomic mass is 16.5. The van der Waals surface area contributed by atoms with Crippen LogP contribution in [-0.4, -0.2) is 38.3 Å². The first kappa shape index (κ1) is 13.2. The molecular weight excluding hydrogens is 226 g/mol. The lowest BCUT2D eigenvalue weighted by Gasteiger charge is -2.14. The highest BCUT2D eigenvalue weighted by Gasteiger charge is 2.10. The van der Waals surface area contributed by atoms with Crippen molar-refractivity contribution < 1.29 is 9.47 Å². The summed E-state index contributed by atoms with van der Waals surface area (Å²) in [6.07, 6.45) is 3.81. The molecule has 0 amide bonds. The molecular formula is C15H23NO2. The molecule has 0 unspecified atom stereocenters. The number of ether oxygens (including phenoxy) is 2. The predicted molar refractivity (Wildman–Crippen MR) is 73.5 cm³/mol. The maximum atomic E-state index is 5.78. The molecule has 18 heavy (non-hydrogen) atoms. The first-order valence-corrected chi connectivity index (χ1v) is 6.79. The highest BCUT2D eigenvalue weighted by Crippen LogP contribution is 2.22. The lowest BCUT2D eigenvalue weighted by molar-refractivity contribution is 0.262. The van der Waals surface area contributed by atoms with E-state index < -0.39 is 0 Å². The molecule has 1 aromatic rings. The third-order valence-corrected chi connectivity index (χ3v) is 3.35. The SMILES string of the molecule is COc1cc(C)cc(OCCCN2CCCC2)c1. The Morgan fingerprint density at radius 1 is 1.11 bits per heavy atom. The molecule has 0 saturated carbocycles. The average molecular weight is 249 g/mol. The van der Waals surface area contributed by atoms with Gasteiger partial charge in [-0.3, -0.25) is 0 Å². The van der Waals surface area contributed by atoms with Crippen molar-refractivity contribution in [2.75, 3.05) is 33.4 Å². The van der Waals surface area contributed by atoms with Crippen LogP contribution in [-0.2, 0) is 0 Å². The lowest BCUT2D eigenvalue weighted by atomic mass is 10.2. The van der Waals surface area contributed by atoms with E-state index in [2.05, 4.69) is 17.9 Å². The third-order valence-electron chi connectivity index (χ3n) is 3.35. The van der Waals surface area contributed by atoms with E-state index in [0.717, 1.165) is 31.1 Å². The maximum absolute atomic E-state index is 5.78. The van der Waals surface area contributed by atoms with Gasteiger partial charge in [-0.2, -0.15) is 0 Å². The fraction of sp³-hybridized carbons (Fsp3) is 0.600. The Labute approximate surface area is 110 Å². The molecule has 0 aromatic heterocycles. The summed E-state index contributed by atoms with van der Waals surface area (Å²) in [6, 6.07) is 6.01. The quantitative estimate of drug-likeness (QED) is 0.724. The highest BCUT2D eigenvalue weighted by molar-refractivity contribution is 5.37. The van der Waals surface area contributed by atoms with Gasteiger partial charge in [-0.25, -0.2) is 0 Å². The van der Waals surface area contributed by atoms with E-state index in [-0.39, 0.29) is 0 Å². The number of hydrogen-bond donors (Lipinski definition) is 0. The average Bonchev–Trinajstić information content (AvgIpc) is 2.87. The summed E-state index contributed by atoms with van der Waals surface area (Å²) >= 11 is 0. The molecule has 100 valence electrons. The Morgan fingerprint density at radius 2 is 1.83 bits per heavy atom. The lowest BCUT2D eigenvalue weighted by Crippen LogP contribution is -2.21. The zero-order valence-electron chi connectivity index (χ0n) is 11.4. The summed E-state index contributed by atoms with van der Waals surface area (Å²) in [5, 5.41) is 0. The van der Waals surface area contributed by atoms with Crippen molar-refractivity contribution in [1.29, 1.82) is 0 Å². The monoisotopic (exact) mass is 249 g/mol. The first-order valence-electron chi connectivity index (χ1n) is 6.79. The van der Waals surface area contributed by atoms with Gasteiger partial charge in [0.2, 0.25) is 0 Å². The van der Waals surface area contributed by atoms with Crippen LogP contribution < -0.4 is 9.47 Å². The fourth-order valence-electron chi connectivity index (χ4n) is 2.40. The Morgan fingerprint density at radius 3 is 2.56 bits per heavy atom. The molecule has 0 spiro atoms. The van der Waals surface area contributed by atoms with Gasteiger partial charge in [0.15, 0.2) is 0 Å². The van der Waals surface area contributed by atoms with E-state index in [1.807, 2.05) is 12.1 Å². The summed E-state index contributed by atoms with van der Waals surface area (Å²) in [7, 11) is 1.69. The molecule has 1 aliphatic rings. The molecule has 0 N–H and O–H groups in total. The van der Waals surface area contributed by atoms with E-state index in [4.69, 9.17) is 9.47 Å². The molecule has 1 saturated heterocycles. The van der Waals surface area contributed by atoms with Crippen molar-refractivity contribution in [3.05, 3.63) is 23.8 Å². The second-order valence-electron chi connectivity index (χ2n) is 4.94. The Bertz CT molecular complexity index is 373. The molecule has 2 rings (SSSR count). The molecule has 3 heteroatoms. The Balaban J connectivity index is 1.73. The largest absolute Gasteiger partial charge is 0.497 e. The molecule has 1 aromatic carbocycles. The number of benzene rings is 1. The third kappa shape index (κ3) is 3.91. The summed E-state index contributed by atoms with van der Waals surface area (Å²) in [5.41, 5.74) is 1.17. The molecule has 0 aliphatic carbocycles. The van der Waals surface area contributed by atoms with Gasteiger partial charge in [-0.05, 0) is 57.0 Å². The van der Waals surface area contributed by atoms with E-state index in [1.165, 1.54) is 31.5 Å². The van der Waals surface area contributed by atoms with Crippen LogP contribution in [0.15, 0.2) is 18.2 Å². The van der Waals surface area contributed by atoms with E-state index in [0.29, 0.717) is 0 Å². The summed E-state index contributed by atoms with van der Waals surface area (Å²) in [4.78, 5) is 2.51. The second-order valence-corrected chi connectivity index (χ2v) is 4.94. The number of aryl methyl sites for hydroxylation is 1. The van der Waals surface area contributed by atoms with Crippen LogP contribution in [0.25, 0.3) is 0 Å². The maximum Gasteiger partial charge on any atom is 0.123 e. The molecule has 0 bridgehead atoms. The van der Waals surface area contributed by atoms with Crippen LogP contribution >= 0.6 is 0 Å². The number of nitrogens with zero attached hydrogens (tertiary/aromatic N) is 1. The standard InChI is InChI=1S/C15H23NO2/c1-13-10-14(17-2)12-15(11-13)18-9-5-8-16-6-3-4-7-16/h10-12H,3-9H2,1-2H3. The van der Waals surface area contributed by atoms with Gasteiger partial charge in [0.25, 0.3) is 0 Å². The molecule has 3 nitrogen and oxygen atoms in total. The van der Waals surface area contributed by atoms with Gasteiger partial charge in [-0.15, -0.1) is 0 Å². The van der Waals surface area contributed by atoms with E-state index in [1.54, 1.807) is 7.11 Å². The first-order chi connectivity index (χ1) is 8.78. The topological polar surface area (TPSA) is 21.7 Å². The number of likely N-dealkylation sites (tertiary alicyclic amines) is 1. The van der Waals surface area contributed by atoms with Crippen LogP contribution in [0.3, 0.4) is 0 Å². The van der Waals surface area contributed by atoms with Crippen LogP contribution in [0.2, 0.25) is 0 Å². The molecule has 1 aliphatic heterocycles. The van der Waals surface area contributed by atoms with Gasteiger partial charge in [0.05, 0.1) is 13.7 Å². The van der Waals surface area contributed by atoms with Crippen LogP contribution in [0.1, 0.15) is 24.8 Å². The normalized spacial score (nSPS) is 15.9. The Kier molecular flexibility index (Phi) is 4.88. The van der Waals surface area contributed by atoms with Crippen molar-refractivity contribution in [3.8, 4) is 11.5 Å².